The molecule has 1 saturated carbocycles. The van der Waals surface area contributed by atoms with Gasteiger partial charge in [0.1, 0.15) is 17.2 Å². The first kappa shape index (κ1) is 26.0. The molecule has 0 spiro atoms. The minimum Gasteiger partial charge on any atom is -0.480 e. The van der Waals surface area contributed by atoms with Gasteiger partial charge in [-0.3, -0.25) is 9.59 Å². The number of aliphatic hydroxyl groups excluding tert-OH is 1. The van der Waals surface area contributed by atoms with Gasteiger partial charge in [-0.1, -0.05) is 24.4 Å². The van der Waals surface area contributed by atoms with Crippen LogP contribution in [0, 0.1) is 0 Å². The Morgan fingerprint density at radius 2 is 1.97 bits per heavy atom. The van der Waals surface area contributed by atoms with Crippen LogP contribution >= 0.6 is 11.6 Å². The maximum atomic E-state index is 13.1. The number of nitrogens with zero attached hydrogens (tertiary/aromatic N) is 1. The van der Waals surface area contributed by atoms with E-state index in [1.807, 2.05) is 0 Å². The molecule has 36 heavy (non-hydrogen) atoms. The van der Waals surface area contributed by atoms with Crippen LogP contribution in [0.2, 0.25) is 5.02 Å². The number of hydrogen-bond acceptors (Lipinski definition) is 6. The highest BCUT2D eigenvalue weighted by Gasteiger charge is 2.39. The van der Waals surface area contributed by atoms with Gasteiger partial charge in [-0.05, 0) is 49.6 Å². The van der Waals surface area contributed by atoms with Gasteiger partial charge in [0.2, 0.25) is 0 Å². The van der Waals surface area contributed by atoms with E-state index in [0.717, 1.165) is 44.0 Å². The van der Waals surface area contributed by atoms with E-state index in [0.29, 0.717) is 22.8 Å². The van der Waals surface area contributed by atoms with Crippen LogP contribution in [0.25, 0.3) is 0 Å². The summed E-state index contributed by atoms with van der Waals surface area (Å²) in [4.78, 5) is 29.2. The second-order valence-electron chi connectivity index (χ2n) is 8.95. The van der Waals surface area contributed by atoms with Crippen LogP contribution in [-0.4, -0.2) is 46.5 Å². The standard InChI is InChI=1S/C24H25ClF3N3O5/c25-14-3-6-19-16(11-14)18(32)12-20(35-19)22(34)31-23(7-1-2-8-23)9-10-29-21(33)17-5-4-15(13-30-17)36-24(26,27)28/h3-6,11,13,18,20,32H,1-2,7-10,12H2,(H,29,33)(H,31,34)/t18-,20-/m1/s1. The molecule has 0 saturated heterocycles. The van der Waals surface area contributed by atoms with Crippen LogP contribution in [-0.2, 0) is 4.79 Å². The van der Waals surface area contributed by atoms with Gasteiger partial charge >= 0.3 is 6.36 Å². The molecule has 8 nitrogen and oxygen atoms in total. The molecule has 0 bridgehead atoms. The molecule has 1 aliphatic carbocycles. The summed E-state index contributed by atoms with van der Waals surface area (Å²) in [6.07, 6.45) is -1.99. The number of carbonyl (C=O) groups is 2. The Morgan fingerprint density at radius 3 is 2.64 bits per heavy atom. The number of alkyl halides is 3. The van der Waals surface area contributed by atoms with Crippen molar-refractivity contribution in [1.82, 2.24) is 15.6 Å². The molecule has 1 aromatic heterocycles. The third-order valence-electron chi connectivity index (χ3n) is 6.37. The SMILES string of the molecule is O=C(NCCC1(NC(=O)[C@H]2C[C@@H](O)c3cc(Cl)ccc3O2)CCCC1)c1ccc(OC(F)(F)F)cn1. The summed E-state index contributed by atoms with van der Waals surface area (Å²) in [5.74, 6) is -1.01. The minimum atomic E-state index is -4.84. The molecule has 1 fully saturated rings. The van der Waals surface area contributed by atoms with Crippen LogP contribution in [0.5, 0.6) is 11.5 Å². The number of benzene rings is 1. The molecular weight excluding hydrogens is 503 g/mol. The number of hydrogen-bond donors (Lipinski definition) is 3. The number of ether oxygens (including phenoxy) is 2. The second kappa shape index (κ2) is 10.5. The minimum absolute atomic E-state index is 0.0580. The van der Waals surface area contributed by atoms with Crippen molar-refractivity contribution < 1.29 is 37.3 Å². The van der Waals surface area contributed by atoms with Crippen LogP contribution in [0.15, 0.2) is 36.5 Å². The van der Waals surface area contributed by atoms with E-state index < -0.39 is 35.8 Å². The number of aromatic nitrogens is 1. The fourth-order valence-electron chi connectivity index (χ4n) is 4.62. The van der Waals surface area contributed by atoms with E-state index >= 15 is 0 Å². The highest BCUT2D eigenvalue weighted by Crippen LogP contribution is 2.38. The van der Waals surface area contributed by atoms with E-state index in [1.54, 1.807) is 18.2 Å². The van der Waals surface area contributed by atoms with Gasteiger partial charge in [0.25, 0.3) is 11.8 Å². The quantitative estimate of drug-likeness (QED) is 0.501. The van der Waals surface area contributed by atoms with Crippen molar-refractivity contribution in [3.8, 4) is 11.5 Å². The van der Waals surface area contributed by atoms with E-state index in [-0.39, 0.29) is 24.6 Å². The molecule has 2 aliphatic rings. The molecule has 2 aromatic rings. The zero-order chi connectivity index (χ0) is 25.9. The Labute approximate surface area is 210 Å². The van der Waals surface area contributed by atoms with E-state index in [9.17, 15) is 27.9 Å². The molecule has 2 heterocycles. The summed E-state index contributed by atoms with van der Waals surface area (Å²) in [5.41, 5.74) is -0.0644. The largest absolute Gasteiger partial charge is 0.573 e. The number of halogens is 4. The zero-order valence-corrected chi connectivity index (χ0v) is 19.9. The number of rotatable bonds is 7. The summed E-state index contributed by atoms with van der Waals surface area (Å²) in [5, 5.41) is 16.7. The third kappa shape index (κ3) is 6.38. The van der Waals surface area contributed by atoms with E-state index in [1.165, 1.54) is 0 Å². The maximum Gasteiger partial charge on any atom is 0.573 e. The summed E-state index contributed by atoms with van der Waals surface area (Å²) in [6.45, 7) is 0.219. The number of carbonyl (C=O) groups excluding carboxylic acids is 2. The highest BCUT2D eigenvalue weighted by atomic mass is 35.5. The average Bonchev–Trinajstić information content (AvgIpc) is 3.27. The molecule has 3 N–H and O–H groups in total. The number of pyridine rings is 1. The van der Waals surface area contributed by atoms with Crippen LogP contribution in [0.1, 0.15) is 60.7 Å². The highest BCUT2D eigenvalue weighted by molar-refractivity contribution is 6.30. The van der Waals surface area contributed by atoms with Gasteiger partial charge in [0.05, 0.1) is 12.3 Å². The Bertz CT molecular complexity index is 1110. The molecule has 1 aromatic carbocycles. The van der Waals surface area contributed by atoms with Crippen molar-refractivity contribution in [2.24, 2.45) is 0 Å². The molecule has 2 amide bonds. The monoisotopic (exact) mass is 527 g/mol. The third-order valence-corrected chi connectivity index (χ3v) is 6.61. The lowest BCUT2D eigenvalue weighted by Gasteiger charge is -2.35. The normalized spacial score (nSPS) is 20.7. The van der Waals surface area contributed by atoms with E-state index in [2.05, 4.69) is 20.4 Å². The smallest absolute Gasteiger partial charge is 0.480 e. The lowest BCUT2D eigenvalue weighted by atomic mass is 9.91. The molecule has 1 aliphatic heterocycles. The summed E-state index contributed by atoms with van der Waals surface area (Å²) >= 11 is 5.99. The van der Waals surface area contributed by atoms with Crippen molar-refractivity contribution in [1.29, 1.82) is 0 Å². The Morgan fingerprint density at radius 1 is 1.22 bits per heavy atom. The van der Waals surface area contributed by atoms with Crippen LogP contribution in [0.4, 0.5) is 13.2 Å². The Hall–Kier alpha value is -3.05. The van der Waals surface area contributed by atoms with Crippen molar-refractivity contribution in [3.63, 3.8) is 0 Å². The summed E-state index contributed by atoms with van der Waals surface area (Å²) in [7, 11) is 0. The molecule has 4 rings (SSSR count). The fraction of sp³-hybridized carbons (Fsp3) is 0.458. The van der Waals surface area contributed by atoms with Gasteiger partial charge in [-0.25, -0.2) is 4.98 Å². The Kier molecular flexibility index (Phi) is 7.60. The van der Waals surface area contributed by atoms with E-state index in [4.69, 9.17) is 16.3 Å². The molecule has 194 valence electrons. The lowest BCUT2D eigenvalue weighted by Crippen LogP contribution is -2.53. The predicted molar refractivity (Wildman–Crippen MR) is 123 cm³/mol. The van der Waals surface area contributed by atoms with Crippen molar-refractivity contribution in [2.75, 3.05) is 6.54 Å². The molecular formula is C24H25ClF3N3O5. The van der Waals surface area contributed by atoms with Crippen LogP contribution in [0.3, 0.4) is 0 Å². The second-order valence-corrected chi connectivity index (χ2v) is 9.39. The molecule has 12 heteroatoms. The first-order valence-electron chi connectivity index (χ1n) is 11.5. The van der Waals surface area contributed by atoms with Gasteiger partial charge in [-0.15, -0.1) is 13.2 Å². The van der Waals surface area contributed by atoms with Gasteiger partial charge in [0.15, 0.2) is 6.10 Å². The first-order chi connectivity index (χ1) is 17.0. The van der Waals surface area contributed by atoms with Crippen molar-refractivity contribution in [3.05, 3.63) is 52.8 Å². The van der Waals surface area contributed by atoms with Crippen molar-refractivity contribution >= 4 is 23.4 Å². The van der Waals surface area contributed by atoms with Crippen molar-refractivity contribution in [2.45, 2.75) is 62.6 Å². The fourth-order valence-corrected chi connectivity index (χ4v) is 4.80. The first-order valence-corrected chi connectivity index (χ1v) is 11.9. The van der Waals surface area contributed by atoms with Crippen LogP contribution < -0.4 is 20.1 Å². The maximum absolute atomic E-state index is 13.1. The molecule has 2 atom stereocenters. The topological polar surface area (TPSA) is 110 Å². The summed E-state index contributed by atoms with van der Waals surface area (Å²) in [6, 6.07) is 7.01. The zero-order valence-electron chi connectivity index (χ0n) is 19.1. The van der Waals surface area contributed by atoms with Gasteiger partial charge in [0, 0.05) is 29.1 Å². The number of amides is 2. The predicted octanol–water partition coefficient (Wildman–Crippen LogP) is 4.07. The summed E-state index contributed by atoms with van der Waals surface area (Å²) < 4.78 is 46.4. The Balaban J connectivity index is 1.32. The molecule has 0 radical (unpaired) electrons. The molecule has 0 unspecified atom stereocenters. The number of nitrogens with one attached hydrogen (secondary N) is 2. The number of aliphatic hydroxyl groups is 1. The number of fused-ring (bicyclic) bond motifs is 1. The van der Waals surface area contributed by atoms with Gasteiger partial charge in [-0.2, -0.15) is 0 Å². The average molecular weight is 528 g/mol. The lowest BCUT2D eigenvalue weighted by molar-refractivity contribution is -0.274. The van der Waals surface area contributed by atoms with Gasteiger partial charge < -0.3 is 25.2 Å².